The molecule has 0 amide bonds. The summed E-state index contributed by atoms with van der Waals surface area (Å²) in [5, 5.41) is 6.21. The molecule has 1 N–H and O–H groups in total. The molecule has 0 radical (unpaired) electrons. The van der Waals surface area contributed by atoms with Crippen LogP contribution in [0.15, 0.2) is 133 Å². The Labute approximate surface area is 305 Å². The van der Waals surface area contributed by atoms with Crippen molar-refractivity contribution in [3.63, 3.8) is 0 Å². The molecule has 0 spiro atoms. The van der Waals surface area contributed by atoms with Gasteiger partial charge < -0.3 is 15.1 Å². The first kappa shape index (κ1) is 35.2. The molecule has 0 aliphatic rings. The van der Waals surface area contributed by atoms with Crippen LogP contribution in [0.2, 0.25) is 0 Å². The van der Waals surface area contributed by atoms with E-state index >= 15 is 0 Å². The average molecular weight is 678 g/mol. The largest absolute Gasteiger partial charge is 0.385 e. The molecule has 6 aromatic carbocycles. The number of hydrogen-bond acceptors (Lipinski definition) is 4. The molecule has 0 aromatic heterocycles. The summed E-state index contributed by atoms with van der Waals surface area (Å²) in [4.78, 5) is 4.91. The molecule has 0 atom stereocenters. The number of nitrogens with one attached hydrogen (secondary N) is 1. The highest BCUT2D eigenvalue weighted by Crippen LogP contribution is 2.41. The van der Waals surface area contributed by atoms with Gasteiger partial charge in [0.25, 0.3) is 0 Å². The highest BCUT2D eigenvalue weighted by atomic mass is 32.1. The van der Waals surface area contributed by atoms with Gasteiger partial charge in [0.15, 0.2) is 0 Å². The van der Waals surface area contributed by atoms with Gasteiger partial charge in [-0.3, -0.25) is 0 Å². The minimum Gasteiger partial charge on any atom is -0.385 e. The van der Waals surface area contributed by atoms with E-state index in [2.05, 4.69) is 189 Å². The van der Waals surface area contributed by atoms with Crippen LogP contribution in [0.4, 0.5) is 28.4 Å². The lowest BCUT2D eigenvalue weighted by Gasteiger charge is -2.28. The minimum atomic E-state index is 0.0608. The summed E-state index contributed by atoms with van der Waals surface area (Å²) in [5.41, 5.74) is 12.6. The maximum absolute atomic E-state index is 4.43. The van der Waals surface area contributed by atoms with Crippen LogP contribution < -0.4 is 15.1 Å². The van der Waals surface area contributed by atoms with Gasteiger partial charge >= 0.3 is 0 Å². The first-order chi connectivity index (χ1) is 24.5. The number of anilines is 5. The maximum atomic E-state index is 4.43. The lowest BCUT2D eigenvalue weighted by atomic mass is 9.82. The van der Waals surface area contributed by atoms with Crippen molar-refractivity contribution in [2.24, 2.45) is 0 Å². The SMILES string of the molecule is CCCN(c1ccc(C(c2ccc(N(CCC)c3ccccc3C)cc2)c2ccc(NCCCS)c3ccccc23)cc1)c1ccccc1C. The third-order valence-electron chi connectivity index (χ3n) is 9.70. The van der Waals surface area contributed by atoms with Crippen LogP contribution in [0.1, 0.15) is 66.8 Å². The Morgan fingerprint density at radius 2 is 1.04 bits per heavy atom. The zero-order valence-electron chi connectivity index (χ0n) is 30.1. The fourth-order valence-electron chi connectivity index (χ4n) is 7.23. The molecule has 3 nitrogen and oxygen atoms in total. The van der Waals surface area contributed by atoms with E-state index in [-0.39, 0.29) is 5.92 Å². The molecule has 0 saturated heterocycles. The molecule has 0 aliphatic carbocycles. The van der Waals surface area contributed by atoms with Crippen LogP contribution >= 0.6 is 12.6 Å². The van der Waals surface area contributed by atoms with E-state index in [0.29, 0.717) is 0 Å². The van der Waals surface area contributed by atoms with E-state index < -0.39 is 0 Å². The zero-order chi connectivity index (χ0) is 34.9. The molecule has 6 rings (SSSR count). The Morgan fingerprint density at radius 1 is 0.560 bits per heavy atom. The van der Waals surface area contributed by atoms with Gasteiger partial charge in [-0.15, -0.1) is 0 Å². The fraction of sp³-hybridized carbons (Fsp3) is 0.261. The van der Waals surface area contributed by atoms with Crippen LogP contribution in [-0.2, 0) is 0 Å². The summed E-state index contributed by atoms with van der Waals surface area (Å²) in [6.07, 6.45) is 3.17. The van der Waals surface area contributed by atoms with E-state index in [1.807, 2.05) is 0 Å². The number of benzene rings is 6. The normalized spacial score (nSPS) is 11.2. The molecule has 0 aliphatic heterocycles. The molecular formula is C46H51N3S. The number of hydrogen-bond donors (Lipinski definition) is 2. The van der Waals surface area contributed by atoms with E-state index in [1.54, 1.807) is 0 Å². The second kappa shape index (κ2) is 16.8. The summed E-state index contributed by atoms with van der Waals surface area (Å²) in [6.45, 7) is 11.8. The number of aryl methyl sites for hydroxylation is 2. The van der Waals surface area contributed by atoms with Gasteiger partial charge in [-0.25, -0.2) is 0 Å². The van der Waals surface area contributed by atoms with Crippen molar-refractivity contribution in [2.75, 3.05) is 40.5 Å². The summed E-state index contributed by atoms with van der Waals surface area (Å²) in [7, 11) is 0. The number of rotatable bonds is 15. The number of fused-ring (bicyclic) bond motifs is 1. The Kier molecular flexibility index (Phi) is 11.8. The van der Waals surface area contributed by atoms with E-state index in [9.17, 15) is 0 Å². The topological polar surface area (TPSA) is 18.5 Å². The summed E-state index contributed by atoms with van der Waals surface area (Å²) in [6, 6.07) is 49.5. The van der Waals surface area contributed by atoms with Gasteiger partial charge in [-0.1, -0.05) is 105 Å². The number of nitrogens with zero attached hydrogens (tertiary/aromatic N) is 2. The van der Waals surface area contributed by atoms with Crippen LogP contribution in [-0.4, -0.2) is 25.4 Å². The molecule has 0 bridgehead atoms. The molecule has 0 heterocycles. The smallest absolute Gasteiger partial charge is 0.0440 e. The van der Waals surface area contributed by atoms with Crippen molar-refractivity contribution < 1.29 is 0 Å². The lowest BCUT2D eigenvalue weighted by Crippen LogP contribution is -2.19. The monoisotopic (exact) mass is 677 g/mol. The van der Waals surface area contributed by atoms with Crippen molar-refractivity contribution in [2.45, 2.75) is 52.9 Å². The zero-order valence-corrected chi connectivity index (χ0v) is 31.0. The second-order valence-corrected chi connectivity index (χ2v) is 13.7. The van der Waals surface area contributed by atoms with Crippen LogP contribution in [0, 0.1) is 13.8 Å². The van der Waals surface area contributed by atoms with Gasteiger partial charge in [0.1, 0.15) is 0 Å². The standard InChI is InChI=1S/C46H51N3S/c1-5-31-48(44-18-11-7-14-34(44)3)38-24-20-36(21-25-38)46(42-28-29-43(47-30-13-33-50)41-17-10-9-16-40(41)42)37-22-26-39(27-23-37)49(32-6-2)45-19-12-8-15-35(45)4/h7-12,14-29,46-47,50H,5-6,13,30-33H2,1-4H3. The molecule has 256 valence electrons. The number of thiol groups is 1. The highest BCUT2D eigenvalue weighted by molar-refractivity contribution is 7.80. The van der Waals surface area contributed by atoms with Crippen LogP contribution in [0.25, 0.3) is 10.8 Å². The summed E-state index contributed by atoms with van der Waals surface area (Å²) < 4.78 is 0. The van der Waals surface area contributed by atoms with Gasteiger partial charge in [0.05, 0.1) is 0 Å². The quantitative estimate of drug-likeness (QED) is 0.0641. The minimum absolute atomic E-state index is 0.0608. The molecule has 0 fully saturated rings. The summed E-state index contributed by atoms with van der Waals surface area (Å²) >= 11 is 4.43. The predicted molar refractivity (Wildman–Crippen MR) is 222 cm³/mol. The van der Waals surface area contributed by atoms with Crippen molar-refractivity contribution in [3.05, 3.63) is 161 Å². The predicted octanol–water partition coefficient (Wildman–Crippen LogP) is 12.5. The first-order valence-electron chi connectivity index (χ1n) is 18.3. The Bertz CT molecular complexity index is 1880. The van der Waals surface area contributed by atoms with E-state index in [4.69, 9.17) is 0 Å². The van der Waals surface area contributed by atoms with Crippen molar-refractivity contribution in [3.8, 4) is 0 Å². The average Bonchev–Trinajstić information content (AvgIpc) is 3.15. The van der Waals surface area contributed by atoms with E-state index in [0.717, 1.165) is 44.6 Å². The molecule has 0 saturated carbocycles. The maximum Gasteiger partial charge on any atom is 0.0440 e. The van der Waals surface area contributed by atoms with Crippen molar-refractivity contribution in [1.82, 2.24) is 0 Å². The molecule has 6 aromatic rings. The highest BCUT2D eigenvalue weighted by Gasteiger charge is 2.22. The lowest BCUT2D eigenvalue weighted by molar-refractivity contribution is 0.880. The Hall–Kier alpha value is -4.67. The third-order valence-corrected chi connectivity index (χ3v) is 10.0. The number of para-hydroxylation sites is 2. The van der Waals surface area contributed by atoms with Gasteiger partial charge in [0.2, 0.25) is 0 Å². The fourth-order valence-corrected chi connectivity index (χ4v) is 7.39. The first-order valence-corrected chi connectivity index (χ1v) is 18.9. The Balaban J connectivity index is 1.45. The van der Waals surface area contributed by atoms with E-state index in [1.165, 1.54) is 67.0 Å². The van der Waals surface area contributed by atoms with Gasteiger partial charge in [-0.05, 0) is 115 Å². The van der Waals surface area contributed by atoms with Gasteiger partial charge in [-0.2, -0.15) is 12.6 Å². The van der Waals surface area contributed by atoms with Crippen LogP contribution in [0.5, 0.6) is 0 Å². The second-order valence-electron chi connectivity index (χ2n) is 13.2. The summed E-state index contributed by atoms with van der Waals surface area (Å²) in [5.74, 6) is 0.932. The molecular weight excluding hydrogens is 627 g/mol. The molecule has 50 heavy (non-hydrogen) atoms. The third kappa shape index (κ3) is 7.71. The van der Waals surface area contributed by atoms with Gasteiger partial charge in [0, 0.05) is 59.4 Å². The van der Waals surface area contributed by atoms with Crippen molar-refractivity contribution in [1.29, 1.82) is 0 Å². The van der Waals surface area contributed by atoms with Crippen LogP contribution in [0.3, 0.4) is 0 Å². The Morgan fingerprint density at radius 3 is 1.52 bits per heavy atom. The molecule has 4 heteroatoms. The van der Waals surface area contributed by atoms with Crippen molar-refractivity contribution >= 4 is 51.8 Å². The molecule has 0 unspecified atom stereocenters.